The van der Waals surface area contributed by atoms with Crippen molar-refractivity contribution in [1.29, 1.82) is 0 Å². The van der Waals surface area contributed by atoms with Gasteiger partial charge in [-0.15, -0.1) is 0 Å². The van der Waals surface area contributed by atoms with Gasteiger partial charge in [-0.2, -0.15) is 0 Å². The van der Waals surface area contributed by atoms with Crippen molar-refractivity contribution in [2.24, 2.45) is 0 Å². The van der Waals surface area contributed by atoms with Gasteiger partial charge < -0.3 is 9.88 Å². The molecule has 2 aromatic rings. The molecule has 0 bridgehead atoms. The van der Waals surface area contributed by atoms with Gasteiger partial charge in [-0.25, -0.2) is 4.98 Å². The highest BCUT2D eigenvalue weighted by Gasteiger charge is 2.04. The fraction of sp³-hybridized carbons (Fsp3) is 0.375. The minimum atomic E-state index is -0.0925. The Kier molecular flexibility index (Phi) is 4.93. The molecule has 1 aromatic carbocycles. The molecule has 0 saturated carbocycles. The number of nitrogens with zero attached hydrogens (tertiary/aromatic N) is 2. The van der Waals surface area contributed by atoms with Crippen LogP contribution in [0.15, 0.2) is 41.5 Å². The van der Waals surface area contributed by atoms with Crippen LogP contribution in [-0.4, -0.2) is 9.55 Å². The molecule has 0 amide bonds. The summed E-state index contributed by atoms with van der Waals surface area (Å²) in [6, 6.07) is 8.18. The van der Waals surface area contributed by atoms with Gasteiger partial charge in [0, 0.05) is 24.6 Å². The Balaban J connectivity index is 2.12. The third-order valence-corrected chi connectivity index (χ3v) is 3.29. The Bertz CT molecular complexity index is 602. The third-order valence-electron chi connectivity index (χ3n) is 3.29. The van der Waals surface area contributed by atoms with Gasteiger partial charge in [-0.1, -0.05) is 25.5 Å². The van der Waals surface area contributed by atoms with Gasteiger partial charge >= 0.3 is 0 Å². The Morgan fingerprint density at radius 1 is 1.20 bits per heavy atom. The average molecular weight is 271 g/mol. The van der Waals surface area contributed by atoms with Gasteiger partial charge in [-0.3, -0.25) is 4.79 Å². The number of hydrogen-bond donors (Lipinski definition) is 1. The van der Waals surface area contributed by atoms with Gasteiger partial charge in [0.05, 0.1) is 0 Å². The van der Waals surface area contributed by atoms with Crippen molar-refractivity contribution in [3.05, 3.63) is 52.6 Å². The quantitative estimate of drug-likeness (QED) is 0.876. The standard InChI is InChI=1S/C16H21N3O/c1-3-5-6-13-7-9-14(10-8-13)18-15-16(20)19(4-2)12-11-17-15/h7-12H,3-6H2,1-2H3,(H,17,18). The molecule has 0 spiro atoms. The molecule has 4 heteroatoms. The maximum absolute atomic E-state index is 12.1. The summed E-state index contributed by atoms with van der Waals surface area (Å²) in [6.45, 7) is 4.77. The molecule has 1 aromatic heterocycles. The Labute approximate surface area is 119 Å². The molecule has 0 aliphatic carbocycles. The van der Waals surface area contributed by atoms with Crippen LogP contribution < -0.4 is 10.9 Å². The van der Waals surface area contributed by atoms with E-state index in [0.717, 1.165) is 12.1 Å². The van der Waals surface area contributed by atoms with Gasteiger partial charge in [0.25, 0.3) is 5.56 Å². The molecule has 4 nitrogen and oxygen atoms in total. The van der Waals surface area contributed by atoms with Crippen LogP contribution in [0.1, 0.15) is 32.3 Å². The van der Waals surface area contributed by atoms with E-state index >= 15 is 0 Å². The van der Waals surface area contributed by atoms with Crippen LogP contribution in [0.25, 0.3) is 0 Å². The number of rotatable bonds is 6. The maximum Gasteiger partial charge on any atom is 0.293 e. The number of unbranched alkanes of at least 4 members (excludes halogenated alkanes) is 1. The summed E-state index contributed by atoms with van der Waals surface area (Å²) >= 11 is 0. The van der Waals surface area contributed by atoms with E-state index in [1.165, 1.54) is 18.4 Å². The van der Waals surface area contributed by atoms with Crippen molar-refractivity contribution < 1.29 is 0 Å². The highest BCUT2D eigenvalue weighted by molar-refractivity contribution is 5.55. The minimum absolute atomic E-state index is 0.0925. The van der Waals surface area contributed by atoms with E-state index in [4.69, 9.17) is 0 Å². The molecule has 20 heavy (non-hydrogen) atoms. The van der Waals surface area contributed by atoms with Crippen LogP contribution in [-0.2, 0) is 13.0 Å². The fourth-order valence-corrected chi connectivity index (χ4v) is 2.05. The number of benzene rings is 1. The zero-order chi connectivity index (χ0) is 14.4. The van der Waals surface area contributed by atoms with Crippen molar-refractivity contribution in [2.45, 2.75) is 39.7 Å². The van der Waals surface area contributed by atoms with Crippen molar-refractivity contribution in [2.75, 3.05) is 5.32 Å². The molecule has 0 aliphatic heterocycles. The molecule has 0 unspecified atom stereocenters. The molecule has 2 rings (SSSR count). The van der Waals surface area contributed by atoms with Crippen molar-refractivity contribution >= 4 is 11.5 Å². The highest BCUT2D eigenvalue weighted by Crippen LogP contribution is 2.14. The molecular formula is C16H21N3O. The number of aryl methyl sites for hydroxylation is 2. The summed E-state index contributed by atoms with van der Waals surface area (Å²) in [7, 11) is 0. The van der Waals surface area contributed by atoms with Gasteiger partial charge in [0.15, 0.2) is 5.82 Å². The summed E-state index contributed by atoms with van der Waals surface area (Å²) in [5, 5.41) is 3.09. The largest absolute Gasteiger partial charge is 0.336 e. The molecule has 0 fully saturated rings. The van der Waals surface area contributed by atoms with Crippen molar-refractivity contribution in [3.8, 4) is 0 Å². The molecule has 106 valence electrons. The van der Waals surface area contributed by atoms with E-state index in [1.807, 2.05) is 19.1 Å². The molecule has 0 aliphatic rings. The average Bonchev–Trinajstić information content (AvgIpc) is 2.48. The van der Waals surface area contributed by atoms with E-state index < -0.39 is 0 Å². The minimum Gasteiger partial charge on any atom is -0.336 e. The molecule has 1 heterocycles. The Morgan fingerprint density at radius 3 is 2.60 bits per heavy atom. The number of aromatic nitrogens is 2. The third kappa shape index (κ3) is 3.47. The zero-order valence-corrected chi connectivity index (χ0v) is 12.1. The van der Waals surface area contributed by atoms with E-state index in [9.17, 15) is 4.79 Å². The SMILES string of the molecule is CCCCc1ccc(Nc2nccn(CC)c2=O)cc1. The maximum atomic E-state index is 12.1. The first kappa shape index (κ1) is 14.3. The first-order valence-corrected chi connectivity index (χ1v) is 7.16. The van der Waals surface area contributed by atoms with Crippen molar-refractivity contribution in [1.82, 2.24) is 9.55 Å². The van der Waals surface area contributed by atoms with Crippen LogP contribution in [0.4, 0.5) is 11.5 Å². The van der Waals surface area contributed by atoms with Gasteiger partial charge in [0.2, 0.25) is 0 Å². The lowest BCUT2D eigenvalue weighted by atomic mass is 10.1. The second kappa shape index (κ2) is 6.89. The molecule has 0 saturated heterocycles. The summed E-state index contributed by atoms with van der Waals surface area (Å²) in [5.41, 5.74) is 2.12. The number of hydrogen-bond acceptors (Lipinski definition) is 3. The predicted molar refractivity (Wildman–Crippen MR) is 82.5 cm³/mol. The zero-order valence-electron chi connectivity index (χ0n) is 12.1. The monoisotopic (exact) mass is 271 g/mol. The lowest BCUT2D eigenvalue weighted by Gasteiger charge is -2.08. The van der Waals surface area contributed by atoms with Crippen LogP contribution in [0.3, 0.4) is 0 Å². The number of nitrogens with one attached hydrogen (secondary N) is 1. The van der Waals surface area contributed by atoms with Gasteiger partial charge in [0.1, 0.15) is 0 Å². The van der Waals surface area contributed by atoms with E-state index in [0.29, 0.717) is 12.4 Å². The van der Waals surface area contributed by atoms with Crippen LogP contribution in [0, 0.1) is 0 Å². The second-order valence-corrected chi connectivity index (χ2v) is 4.79. The summed E-state index contributed by atoms with van der Waals surface area (Å²) in [5.74, 6) is 0.371. The first-order chi connectivity index (χ1) is 9.74. The van der Waals surface area contributed by atoms with E-state index in [-0.39, 0.29) is 5.56 Å². The Hall–Kier alpha value is -2.10. The van der Waals surface area contributed by atoms with E-state index in [2.05, 4.69) is 29.4 Å². The fourth-order valence-electron chi connectivity index (χ4n) is 2.05. The number of anilines is 2. The van der Waals surface area contributed by atoms with Crippen molar-refractivity contribution in [3.63, 3.8) is 0 Å². The Morgan fingerprint density at radius 2 is 1.95 bits per heavy atom. The molecular weight excluding hydrogens is 250 g/mol. The lowest BCUT2D eigenvalue weighted by Crippen LogP contribution is -2.22. The normalized spacial score (nSPS) is 10.5. The van der Waals surface area contributed by atoms with Crippen LogP contribution in [0.2, 0.25) is 0 Å². The molecule has 0 atom stereocenters. The smallest absolute Gasteiger partial charge is 0.293 e. The molecule has 0 radical (unpaired) electrons. The topological polar surface area (TPSA) is 46.9 Å². The predicted octanol–water partition coefficient (Wildman–Crippen LogP) is 3.35. The summed E-state index contributed by atoms with van der Waals surface area (Å²) in [6.07, 6.45) is 6.84. The first-order valence-electron chi connectivity index (χ1n) is 7.16. The second-order valence-electron chi connectivity index (χ2n) is 4.79. The highest BCUT2D eigenvalue weighted by atomic mass is 16.1. The summed E-state index contributed by atoms with van der Waals surface area (Å²) < 4.78 is 1.63. The van der Waals surface area contributed by atoms with Crippen LogP contribution >= 0.6 is 0 Å². The van der Waals surface area contributed by atoms with Gasteiger partial charge in [-0.05, 0) is 37.5 Å². The lowest BCUT2D eigenvalue weighted by molar-refractivity contribution is 0.720. The summed E-state index contributed by atoms with van der Waals surface area (Å²) in [4.78, 5) is 16.2. The van der Waals surface area contributed by atoms with Crippen LogP contribution in [0.5, 0.6) is 0 Å². The van der Waals surface area contributed by atoms with E-state index in [1.54, 1.807) is 17.0 Å². The molecule has 1 N–H and O–H groups in total.